The lowest BCUT2D eigenvalue weighted by Crippen LogP contribution is -2.43. The van der Waals surface area contributed by atoms with E-state index in [-0.39, 0.29) is 6.54 Å². The van der Waals surface area contributed by atoms with Crippen LogP contribution in [-0.4, -0.2) is 58.2 Å². The molecule has 0 aromatic carbocycles. The summed E-state index contributed by atoms with van der Waals surface area (Å²) in [6.07, 6.45) is 0.0124. The second-order valence-electron chi connectivity index (χ2n) is 5.49. The van der Waals surface area contributed by atoms with Gasteiger partial charge in [0.05, 0.1) is 23.7 Å². The van der Waals surface area contributed by atoms with E-state index in [1.807, 2.05) is 0 Å². The smallest absolute Gasteiger partial charge is 0.408 e. The first kappa shape index (κ1) is 15.8. The van der Waals surface area contributed by atoms with E-state index in [2.05, 4.69) is 5.32 Å². The molecule has 1 amide bonds. The van der Waals surface area contributed by atoms with Crippen molar-refractivity contribution in [3.05, 3.63) is 0 Å². The largest absolute Gasteiger partial charge is 0.444 e. The van der Waals surface area contributed by atoms with Crippen LogP contribution in [0, 0.1) is 0 Å². The molecule has 19 heavy (non-hydrogen) atoms. The Kier molecular flexibility index (Phi) is 5.25. The minimum Gasteiger partial charge on any atom is -0.444 e. The van der Waals surface area contributed by atoms with Crippen LogP contribution in [0.1, 0.15) is 27.2 Å². The average Bonchev–Trinajstić information content (AvgIpc) is 2.65. The highest BCUT2D eigenvalue weighted by Gasteiger charge is 2.32. The number of aliphatic hydroxyl groups is 1. The number of likely N-dealkylation sites (tertiary alicyclic amines) is 1. The molecule has 6 nitrogen and oxygen atoms in total. The molecule has 0 bridgehead atoms. The van der Waals surface area contributed by atoms with Gasteiger partial charge in [-0.1, -0.05) is 12.2 Å². The van der Waals surface area contributed by atoms with Crippen molar-refractivity contribution < 1.29 is 19.4 Å². The lowest BCUT2D eigenvalue weighted by molar-refractivity contribution is -0.110. The normalized spacial score (nSPS) is 23.1. The molecule has 108 valence electrons. The van der Waals surface area contributed by atoms with Crippen molar-refractivity contribution in [3.8, 4) is 0 Å². The minimum absolute atomic E-state index is 0.112. The topological polar surface area (TPSA) is 78.9 Å². The summed E-state index contributed by atoms with van der Waals surface area (Å²) in [5.74, 6) is 0. The molecule has 1 rings (SSSR count). The monoisotopic (exact) mass is 288 g/mol. The fourth-order valence-corrected chi connectivity index (χ4v) is 2.10. The zero-order valence-electron chi connectivity index (χ0n) is 11.4. The average molecular weight is 288 g/mol. The summed E-state index contributed by atoms with van der Waals surface area (Å²) in [7, 11) is 0. The molecular formula is C12H20N2O4S. The maximum absolute atomic E-state index is 11.5. The molecule has 0 aromatic rings. The van der Waals surface area contributed by atoms with E-state index < -0.39 is 23.8 Å². The number of nitrogens with zero attached hydrogens (tertiary/aromatic N) is 1. The number of carbonyl (C=O) groups is 2. The van der Waals surface area contributed by atoms with Crippen LogP contribution in [-0.2, 0) is 9.53 Å². The van der Waals surface area contributed by atoms with Gasteiger partial charge in [0.1, 0.15) is 11.9 Å². The van der Waals surface area contributed by atoms with Crippen LogP contribution < -0.4 is 5.32 Å². The summed E-state index contributed by atoms with van der Waals surface area (Å²) < 4.78 is 5.08. The summed E-state index contributed by atoms with van der Waals surface area (Å²) in [5.41, 5.74) is -0.569. The Balaban J connectivity index is 2.43. The van der Waals surface area contributed by atoms with E-state index in [1.165, 1.54) is 0 Å². The Bertz CT molecular complexity index is 367. The predicted octanol–water partition coefficient (Wildman–Crippen LogP) is 0.473. The first-order valence-electron chi connectivity index (χ1n) is 6.12. The van der Waals surface area contributed by atoms with Gasteiger partial charge in [0.25, 0.3) is 0 Å². The van der Waals surface area contributed by atoms with Crippen molar-refractivity contribution in [2.45, 2.75) is 44.9 Å². The molecule has 1 saturated heterocycles. The first-order valence-corrected chi connectivity index (χ1v) is 6.53. The Hall–Kier alpha value is -1.21. The number of nitrogens with one attached hydrogen (secondary N) is 1. The molecule has 0 aliphatic carbocycles. The number of hydrogen-bond acceptors (Lipinski definition) is 5. The van der Waals surface area contributed by atoms with Crippen LogP contribution in [0.2, 0.25) is 0 Å². The molecule has 1 heterocycles. The van der Waals surface area contributed by atoms with Gasteiger partial charge in [-0.05, 0) is 20.8 Å². The SMILES string of the molecule is CC(C)(C)OC(=O)NCC(=S)N1CC(O)C[C@H]1C=O. The van der Waals surface area contributed by atoms with E-state index in [9.17, 15) is 14.7 Å². The Morgan fingerprint density at radius 3 is 2.74 bits per heavy atom. The zero-order chi connectivity index (χ0) is 14.6. The summed E-state index contributed by atoms with van der Waals surface area (Å²) in [6.45, 7) is 5.73. The van der Waals surface area contributed by atoms with Gasteiger partial charge in [-0.3, -0.25) is 0 Å². The Morgan fingerprint density at radius 1 is 1.58 bits per heavy atom. The molecule has 0 aromatic heterocycles. The highest BCUT2D eigenvalue weighted by molar-refractivity contribution is 7.80. The molecule has 1 aliphatic heterocycles. The Labute approximate surface area is 118 Å². The summed E-state index contributed by atoms with van der Waals surface area (Å²) in [5, 5.41) is 12.0. The quantitative estimate of drug-likeness (QED) is 0.581. The zero-order valence-corrected chi connectivity index (χ0v) is 12.2. The summed E-state index contributed by atoms with van der Waals surface area (Å²) >= 11 is 5.16. The maximum Gasteiger partial charge on any atom is 0.408 e. The number of amides is 1. The van der Waals surface area contributed by atoms with Crippen molar-refractivity contribution in [1.82, 2.24) is 10.2 Å². The molecule has 0 spiro atoms. The van der Waals surface area contributed by atoms with E-state index in [1.54, 1.807) is 25.7 Å². The van der Waals surface area contributed by atoms with Gasteiger partial charge in [-0.25, -0.2) is 4.79 Å². The molecule has 2 N–H and O–H groups in total. The van der Waals surface area contributed by atoms with Gasteiger partial charge < -0.3 is 24.9 Å². The van der Waals surface area contributed by atoms with E-state index in [4.69, 9.17) is 17.0 Å². The number of ether oxygens (including phenoxy) is 1. The van der Waals surface area contributed by atoms with Crippen LogP contribution in [0.5, 0.6) is 0 Å². The summed E-state index contributed by atoms with van der Waals surface area (Å²) in [6, 6.07) is -0.414. The number of rotatable bonds is 3. The molecule has 1 aliphatic rings. The van der Waals surface area contributed by atoms with Crippen molar-refractivity contribution in [2.24, 2.45) is 0 Å². The van der Waals surface area contributed by atoms with Gasteiger partial charge in [-0.15, -0.1) is 0 Å². The van der Waals surface area contributed by atoms with Crippen LogP contribution in [0.15, 0.2) is 0 Å². The standard InChI is InChI=1S/C12H20N2O4S/c1-12(2,3)18-11(17)13-5-10(19)14-6-9(16)4-8(14)7-15/h7-9,16H,4-6H2,1-3H3,(H,13,17)/t8-,9?/m0/s1. The van der Waals surface area contributed by atoms with Gasteiger partial charge in [0.15, 0.2) is 0 Å². The number of aldehydes is 1. The first-order chi connectivity index (χ1) is 8.73. The minimum atomic E-state index is -0.569. The van der Waals surface area contributed by atoms with Crippen LogP contribution >= 0.6 is 12.2 Å². The second-order valence-corrected chi connectivity index (χ2v) is 5.97. The number of aliphatic hydroxyl groups excluding tert-OH is 1. The van der Waals surface area contributed by atoms with Gasteiger partial charge in [0.2, 0.25) is 0 Å². The molecule has 1 unspecified atom stereocenters. The lowest BCUT2D eigenvalue weighted by Gasteiger charge is -2.24. The fourth-order valence-electron chi connectivity index (χ4n) is 1.82. The lowest BCUT2D eigenvalue weighted by atomic mass is 10.2. The van der Waals surface area contributed by atoms with Crippen molar-refractivity contribution in [2.75, 3.05) is 13.1 Å². The van der Waals surface area contributed by atoms with Gasteiger partial charge >= 0.3 is 6.09 Å². The number of hydrogen-bond donors (Lipinski definition) is 2. The van der Waals surface area contributed by atoms with Crippen LogP contribution in [0.3, 0.4) is 0 Å². The number of alkyl carbamates (subject to hydrolysis) is 1. The molecule has 2 atom stereocenters. The van der Waals surface area contributed by atoms with E-state index >= 15 is 0 Å². The third-order valence-corrected chi connectivity index (χ3v) is 2.96. The van der Waals surface area contributed by atoms with Crippen molar-refractivity contribution in [1.29, 1.82) is 0 Å². The summed E-state index contributed by atoms with van der Waals surface area (Å²) in [4.78, 5) is 24.4. The molecule has 0 radical (unpaired) electrons. The molecule has 7 heteroatoms. The third kappa shape index (κ3) is 5.12. The third-order valence-electron chi connectivity index (χ3n) is 2.58. The number of thiocarbonyl (C=S) groups is 1. The van der Waals surface area contributed by atoms with Crippen molar-refractivity contribution in [3.63, 3.8) is 0 Å². The fraction of sp³-hybridized carbons (Fsp3) is 0.750. The van der Waals surface area contributed by atoms with Gasteiger partial charge in [0, 0.05) is 13.0 Å². The predicted molar refractivity (Wildman–Crippen MR) is 74.0 cm³/mol. The van der Waals surface area contributed by atoms with E-state index in [0.717, 1.165) is 6.29 Å². The number of β-amino-alcohol motifs (C(OH)–C–C–N with tert-alkyl or cyclic N) is 1. The molecular weight excluding hydrogens is 268 g/mol. The molecule has 0 saturated carbocycles. The maximum atomic E-state index is 11.5. The van der Waals surface area contributed by atoms with Gasteiger partial charge in [-0.2, -0.15) is 0 Å². The number of carbonyl (C=O) groups excluding carboxylic acids is 2. The van der Waals surface area contributed by atoms with Crippen LogP contribution in [0.25, 0.3) is 0 Å². The highest BCUT2D eigenvalue weighted by atomic mass is 32.1. The Morgan fingerprint density at radius 2 is 2.21 bits per heavy atom. The molecule has 1 fully saturated rings. The van der Waals surface area contributed by atoms with Crippen LogP contribution in [0.4, 0.5) is 4.79 Å². The van der Waals surface area contributed by atoms with E-state index in [0.29, 0.717) is 18.0 Å². The highest BCUT2D eigenvalue weighted by Crippen LogP contribution is 2.16. The second kappa shape index (κ2) is 6.29. The van der Waals surface area contributed by atoms with Crippen molar-refractivity contribution >= 4 is 29.6 Å².